The number of aryl methyl sites for hydroxylation is 2. The van der Waals surface area contributed by atoms with Crippen LogP contribution in [0.25, 0.3) is 6.08 Å². The lowest BCUT2D eigenvalue weighted by Crippen LogP contribution is -2.08. The minimum atomic E-state index is -0.248. The van der Waals surface area contributed by atoms with E-state index in [0.29, 0.717) is 10.8 Å². The SMILES string of the molecule is Cc1nn(C)c(C)c1/C=C\C(=O)Nc1ccc(Cl)cn1. The predicted molar refractivity (Wildman–Crippen MR) is 79.6 cm³/mol. The molecule has 2 heterocycles. The number of carbonyl (C=O) groups is 1. The first-order chi connectivity index (χ1) is 9.47. The number of halogens is 1. The number of aromatic nitrogens is 3. The lowest BCUT2D eigenvalue weighted by molar-refractivity contribution is -0.111. The van der Waals surface area contributed by atoms with Crippen molar-refractivity contribution < 1.29 is 4.79 Å². The molecule has 0 aliphatic carbocycles. The number of anilines is 1. The summed E-state index contributed by atoms with van der Waals surface area (Å²) in [5.74, 6) is 0.214. The molecule has 2 rings (SSSR count). The molecule has 1 amide bonds. The molecule has 104 valence electrons. The summed E-state index contributed by atoms with van der Waals surface area (Å²) in [6, 6.07) is 3.32. The van der Waals surface area contributed by atoms with E-state index in [-0.39, 0.29) is 5.91 Å². The van der Waals surface area contributed by atoms with Crippen molar-refractivity contribution in [1.82, 2.24) is 14.8 Å². The molecule has 0 aromatic carbocycles. The van der Waals surface area contributed by atoms with Gasteiger partial charge in [-0.25, -0.2) is 4.98 Å². The molecule has 6 heteroatoms. The molecular formula is C14H15ClN4O. The Labute approximate surface area is 122 Å². The molecule has 2 aromatic rings. The number of hydrogen-bond acceptors (Lipinski definition) is 3. The second-order valence-electron chi connectivity index (χ2n) is 4.39. The lowest BCUT2D eigenvalue weighted by Gasteiger charge is -2.00. The smallest absolute Gasteiger partial charge is 0.249 e. The molecule has 0 unspecified atom stereocenters. The number of carbonyl (C=O) groups excluding carboxylic acids is 1. The summed E-state index contributed by atoms with van der Waals surface area (Å²) >= 11 is 5.73. The van der Waals surface area contributed by atoms with Crippen LogP contribution in [-0.4, -0.2) is 20.7 Å². The number of rotatable bonds is 3. The van der Waals surface area contributed by atoms with Crippen LogP contribution in [0.3, 0.4) is 0 Å². The highest BCUT2D eigenvalue weighted by Crippen LogP contribution is 2.14. The highest BCUT2D eigenvalue weighted by atomic mass is 35.5. The van der Waals surface area contributed by atoms with Crippen LogP contribution in [-0.2, 0) is 11.8 Å². The Morgan fingerprint density at radius 3 is 2.70 bits per heavy atom. The average molecular weight is 291 g/mol. The van der Waals surface area contributed by atoms with Gasteiger partial charge < -0.3 is 5.32 Å². The molecule has 0 spiro atoms. The second-order valence-corrected chi connectivity index (χ2v) is 4.83. The van der Waals surface area contributed by atoms with Crippen molar-refractivity contribution in [1.29, 1.82) is 0 Å². The molecule has 0 atom stereocenters. The largest absolute Gasteiger partial charge is 0.307 e. The summed E-state index contributed by atoms with van der Waals surface area (Å²) in [7, 11) is 1.87. The number of amides is 1. The predicted octanol–water partition coefficient (Wildman–Crippen LogP) is 2.74. The highest BCUT2D eigenvalue weighted by Gasteiger charge is 2.06. The Morgan fingerprint density at radius 2 is 2.15 bits per heavy atom. The Hall–Kier alpha value is -2.14. The van der Waals surface area contributed by atoms with Crippen LogP contribution in [0.4, 0.5) is 5.82 Å². The van der Waals surface area contributed by atoms with Crippen LogP contribution < -0.4 is 5.32 Å². The third-order valence-electron chi connectivity index (χ3n) is 2.95. The number of nitrogens with zero attached hydrogens (tertiary/aromatic N) is 3. The van der Waals surface area contributed by atoms with E-state index in [1.165, 1.54) is 12.3 Å². The van der Waals surface area contributed by atoms with Crippen LogP contribution in [0.1, 0.15) is 17.0 Å². The molecule has 0 aliphatic rings. The number of pyridine rings is 1. The van der Waals surface area contributed by atoms with Gasteiger partial charge in [0.05, 0.1) is 10.7 Å². The number of nitrogens with one attached hydrogen (secondary N) is 1. The maximum atomic E-state index is 11.8. The molecule has 0 aliphatic heterocycles. The minimum Gasteiger partial charge on any atom is -0.307 e. The summed E-state index contributed by atoms with van der Waals surface area (Å²) in [6.07, 6.45) is 4.70. The maximum absolute atomic E-state index is 11.8. The van der Waals surface area contributed by atoms with E-state index in [0.717, 1.165) is 17.0 Å². The molecule has 0 saturated carbocycles. The first-order valence-electron chi connectivity index (χ1n) is 6.08. The lowest BCUT2D eigenvalue weighted by atomic mass is 10.2. The third kappa shape index (κ3) is 3.24. The Morgan fingerprint density at radius 1 is 1.40 bits per heavy atom. The van der Waals surface area contributed by atoms with Gasteiger partial charge in [-0.05, 0) is 32.1 Å². The monoisotopic (exact) mass is 290 g/mol. The summed E-state index contributed by atoms with van der Waals surface area (Å²) in [4.78, 5) is 15.8. The summed E-state index contributed by atoms with van der Waals surface area (Å²) < 4.78 is 1.79. The molecule has 5 nitrogen and oxygen atoms in total. The quantitative estimate of drug-likeness (QED) is 0.884. The van der Waals surface area contributed by atoms with E-state index in [1.807, 2.05) is 20.9 Å². The van der Waals surface area contributed by atoms with E-state index in [9.17, 15) is 4.79 Å². The van der Waals surface area contributed by atoms with E-state index in [2.05, 4.69) is 15.4 Å². The van der Waals surface area contributed by atoms with Gasteiger partial charge in [0.2, 0.25) is 5.91 Å². The van der Waals surface area contributed by atoms with Gasteiger partial charge in [-0.3, -0.25) is 9.48 Å². The third-order valence-corrected chi connectivity index (χ3v) is 3.17. The van der Waals surface area contributed by atoms with Crippen molar-refractivity contribution >= 4 is 29.4 Å². The molecule has 0 bridgehead atoms. The zero-order chi connectivity index (χ0) is 14.7. The van der Waals surface area contributed by atoms with Crippen molar-refractivity contribution in [2.24, 2.45) is 7.05 Å². The van der Waals surface area contributed by atoms with Gasteiger partial charge in [-0.2, -0.15) is 5.10 Å². The first-order valence-corrected chi connectivity index (χ1v) is 6.46. The van der Waals surface area contributed by atoms with Crippen LogP contribution in [0.15, 0.2) is 24.4 Å². The van der Waals surface area contributed by atoms with E-state index < -0.39 is 0 Å². The molecule has 0 fully saturated rings. The normalized spacial score (nSPS) is 11.0. The standard InChI is InChI=1S/C14H15ClN4O/c1-9-12(10(2)19(3)18-9)5-7-14(20)17-13-6-4-11(15)8-16-13/h4-8H,1-3H3,(H,16,17,20)/b7-5-. The van der Waals surface area contributed by atoms with Crippen LogP contribution in [0.2, 0.25) is 5.02 Å². The fourth-order valence-corrected chi connectivity index (χ4v) is 1.92. The van der Waals surface area contributed by atoms with Crippen molar-refractivity contribution in [2.45, 2.75) is 13.8 Å². The van der Waals surface area contributed by atoms with Crippen LogP contribution in [0.5, 0.6) is 0 Å². The zero-order valence-electron chi connectivity index (χ0n) is 11.5. The van der Waals surface area contributed by atoms with Crippen molar-refractivity contribution in [3.8, 4) is 0 Å². The van der Waals surface area contributed by atoms with Gasteiger partial charge in [0.15, 0.2) is 0 Å². The highest BCUT2D eigenvalue weighted by molar-refractivity contribution is 6.30. The van der Waals surface area contributed by atoms with Gasteiger partial charge in [0.25, 0.3) is 0 Å². The molecule has 1 N–H and O–H groups in total. The Balaban J connectivity index is 2.07. The fourth-order valence-electron chi connectivity index (χ4n) is 1.81. The van der Waals surface area contributed by atoms with Crippen molar-refractivity contribution in [3.63, 3.8) is 0 Å². The summed E-state index contributed by atoms with van der Waals surface area (Å²) in [5.41, 5.74) is 2.85. The maximum Gasteiger partial charge on any atom is 0.249 e. The summed E-state index contributed by atoms with van der Waals surface area (Å²) in [5, 5.41) is 7.48. The van der Waals surface area contributed by atoms with E-state index in [1.54, 1.807) is 22.9 Å². The fraction of sp³-hybridized carbons (Fsp3) is 0.214. The van der Waals surface area contributed by atoms with Gasteiger partial charge in [0, 0.05) is 30.6 Å². The van der Waals surface area contributed by atoms with Gasteiger partial charge in [0.1, 0.15) is 5.82 Å². The minimum absolute atomic E-state index is 0.248. The average Bonchev–Trinajstić information content (AvgIpc) is 2.64. The first kappa shape index (κ1) is 14.3. The van der Waals surface area contributed by atoms with Gasteiger partial charge in [-0.15, -0.1) is 0 Å². The van der Waals surface area contributed by atoms with E-state index >= 15 is 0 Å². The van der Waals surface area contributed by atoms with Gasteiger partial charge >= 0.3 is 0 Å². The molecule has 0 saturated heterocycles. The molecule has 2 aromatic heterocycles. The van der Waals surface area contributed by atoms with Gasteiger partial charge in [-0.1, -0.05) is 11.6 Å². The Bertz CT molecular complexity index is 659. The zero-order valence-corrected chi connectivity index (χ0v) is 12.3. The molecule has 0 radical (unpaired) electrons. The summed E-state index contributed by atoms with van der Waals surface area (Å²) in [6.45, 7) is 3.86. The van der Waals surface area contributed by atoms with Crippen molar-refractivity contribution in [2.75, 3.05) is 5.32 Å². The molecular weight excluding hydrogens is 276 g/mol. The number of hydrogen-bond donors (Lipinski definition) is 1. The molecule has 20 heavy (non-hydrogen) atoms. The van der Waals surface area contributed by atoms with Crippen LogP contribution >= 0.6 is 11.6 Å². The second kappa shape index (κ2) is 5.88. The van der Waals surface area contributed by atoms with Crippen LogP contribution in [0, 0.1) is 13.8 Å². The Kier molecular flexibility index (Phi) is 4.20. The van der Waals surface area contributed by atoms with Crippen molar-refractivity contribution in [3.05, 3.63) is 46.4 Å². The topological polar surface area (TPSA) is 59.8 Å². The van der Waals surface area contributed by atoms with E-state index in [4.69, 9.17) is 11.6 Å².